The van der Waals surface area contributed by atoms with Crippen molar-refractivity contribution >= 4 is 17.0 Å². The first-order valence-electron chi connectivity index (χ1n) is 10.1. The van der Waals surface area contributed by atoms with Crippen LogP contribution in [0.5, 0.6) is 0 Å². The number of nitrogens with one attached hydrogen (secondary N) is 2. The smallest absolute Gasteiger partial charge is 0.206 e. The second-order valence-electron chi connectivity index (χ2n) is 7.75. The lowest BCUT2D eigenvalue weighted by molar-refractivity contribution is 0.248. The summed E-state index contributed by atoms with van der Waals surface area (Å²) in [5, 5.41) is 7.67. The average molecular weight is 392 g/mol. The molecule has 0 saturated carbocycles. The summed E-state index contributed by atoms with van der Waals surface area (Å²) in [6.45, 7) is 12.1. The number of likely N-dealkylation sites (tertiary alicyclic amines) is 1. The Bertz CT molecular complexity index is 1050. The SMILES string of the molecule is C=C(N)C1CCN(C(=C)Nc2nc3c(-c4cnn(C)c4)ccc(CC)c3[nH]2)CC1. The molecule has 1 aliphatic rings. The minimum Gasteiger partial charge on any atom is -0.402 e. The summed E-state index contributed by atoms with van der Waals surface area (Å²) in [4.78, 5) is 10.6. The first kappa shape index (κ1) is 19.1. The van der Waals surface area contributed by atoms with Gasteiger partial charge in [0.05, 0.1) is 17.2 Å². The van der Waals surface area contributed by atoms with E-state index in [9.17, 15) is 0 Å². The van der Waals surface area contributed by atoms with Gasteiger partial charge in [-0.3, -0.25) is 4.68 Å². The standard InChI is InChI=1S/C22H29N7/c1-5-16-6-7-19(18-12-24-28(4)13-18)21-20(16)26-22(27-21)25-15(3)29-10-8-17(9-11-29)14(2)23/h6-7,12-13,17H,2-3,5,8-11,23H2,1,4H3,(H2,25,26,27). The van der Waals surface area contributed by atoms with Crippen molar-refractivity contribution in [1.29, 1.82) is 0 Å². The van der Waals surface area contributed by atoms with Gasteiger partial charge in [-0.05, 0) is 24.8 Å². The van der Waals surface area contributed by atoms with Gasteiger partial charge in [0.15, 0.2) is 0 Å². The average Bonchev–Trinajstić information content (AvgIpc) is 3.33. The Hall–Kier alpha value is -3.22. The van der Waals surface area contributed by atoms with E-state index in [0.717, 1.165) is 66.0 Å². The highest BCUT2D eigenvalue weighted by atomic mass is 15.3. The molecule has 0 aliphatic carbocycles. The van der Waals surface area contributed by atoms with Crippen molar-refractivity contribution in [3.63, 3.8) is 0 Å². The molecule has 0 bridgehead atoms. The number of benzene rings is 1. The Morgan fingerprint density at radius 2 is 2.07 bits per heavy atom. The van der Waals surface area contributed by atoms with E-state index in [1.807, 2.05) is 24.1 Å². The number of piperidine rings is 1. The van der Waals surface area contributed by atoms with E-state index < -0.39 is 0 Å². The Kier molecular flexibility index (Phi) is 5.05. The zero-order valence-corrected chi connectivity index (χ0v) is 17.2. The van der Waals surface area contributed by atoms with Crippen molar-refractivity contribution in [1.82, 2.24) is 24.6 Å². The number of anilines is 1. The predicted octanol–water partition coefficient (Wildman–Crippen LogP) is 3.59. The van der Waals surface area contributed by atoms with Gasteiger partial charge in [-0.1, -0.05) is 32.2 Å². The molecule has 1 aromatic carbocycles. The molecule has 3 aromatic rings. The number of allylic oxidation sites excluding steroid dienone is 1. The van der Waals surface area contributed by atoms with Crippen LogP contribution in [-0.2, 0) is 13.5 Å². The van der Waals surface area contributed by atoms with Crippen LogP contribution >= 0.6 is 0 Å². The number of nitrogens with zero attached hydrogens (tertiary/aromatic N) is 4. The van der Waals surface area contributed by atoms with Crippen LogP contribution < -0.4 is 11.1 Å². The van der Waals surface area contributed by atoms with E-state index in [4.69, 9.17) is 10.7 Å². The lowest BCUT2D eigenvalue weighted by atomic mass is 9.94. The summed E-state index contributed by atoms with van der Waals surface area (Å²) in [6.07, 6.45) is 6.82. The molecule has 4 rings (SSSR count). The van der Waals surface area contributed by atoms with Gasteiger partial charge in [-0.25, -0.2) is 4.98 Å². The first-order valence-corrected chi connectivity index (χ1v) is 10.1. The number of fused-ring (bicyclic) bond motifs is 1. The fraction of sp³-hybridized carbons (Fsp3) is 0.364. The van der Waals surface area contributed by atoms with Crippen LogP contribution in [0.2, 0.25) is 0 Å². The van der Waals surface area contributed by atoms with Crippen molar-refractivity contribution < 1.29 is 0 Å². The maximum absolute atomic E-state index is 5.87. The van der Waals surface area contributed by atoms with E-state index in [-0.39, 0.29) is 0 Å². The maximum Gasteiger partial charge on any atom is 0.206 e. The number of hydrogen-bond acceptors (Lipinski definition) is 5. The van der Waals surface area contributed by atoms with Crippen LogP contribution in [0, 0.1) is 5.92 Å². The molecular formula is C22H29N7. The zero-order valence-electron chi connectivity index (χ0n) is 17.2. The second kappa shape index (κ2) is 7.66. The van der Waals surface area contributed by atoms with Crippen LogP contribution in [0.15, 0.2) is 49.2 Å². The third-order valence-electron chi connectivity index (χ3n) is 5.79. The molecule has 152 valence electrons. The lowest BCUT2D eigenvalue weighted by Gasteiger charge is -2.34. The molecule has 0 spiro atoms. The topological polar surface area (TPSA) is 87.8 Å². The highest BCUT2D eigenvalue weighted by Crippen LogP contribution is 2.31. The summed E-state index contributed by atoms with van der Waals surface area (Å²) in [7, 11) is 1.92. The van der Waals surface area contributed by atoms with Crippen LogP contribution in [0.25, 0.3) is 22.2 Å². The van der Waals surface area contributed by atoms with Crippen LogP contribution in [0.4, 0.5) is 5.95 Å². The quantitative estimate of drug-likeness (QED) is 0.598. The van der Waals surface area contributed by atoms with Crippen molar-refractivity contribution in [3.8, 4) is 11.1 Å². The third kappa shape index (κ3) is 3.72. The summed E-state index contributed by atoms with van der Waals surface area (Å²) in [5.41, 5.74) is 12.0. The number of aryl methyl sites for hydroxylation is 2. The van der Waals surface area contributed by atoms with Gasteiger partial charge in [-0.2, -0.15) is 5.10 Å². The number of hydrogen-bond donors (Lipinski definition) is 3. The molecule has 1 saturated heterocycles. The minimum atomic E-state index is 0.402. The van der Waals surface area contributed by atoms with Gasteiger partial charge in [0.25, 0.3) is 0 Å². The summed E-state index contributed by atoms with van der Waals surface area (Å²) < 4.78 is 1.81. The highest BCUT2D eigenvalue weighted by Gasteiger charge is 2.22. The van der Waals surface area contributed by atoms with E-state index in [0.29, 0.717) is 11.9 Å². The molecule has 0 amide bonds. The van der Waals surface area contributed by atoms with E-state index in [2.05, 4.69) is 52.5 Å². The minimum absolute atomic E-state index is 0.402. The monoisotopic (exact) mass is 391 g/mol. The zero-order chi connectivity index (χ0) is 20.5. The number of H-pyrrole nitrogens is 1. The molecule has 0 atom stereocenters. The van der Waals surface area contributed by atoms with E-state index in [1.165, 1.54) is 5.56 Å². The summed E-state index contributed by atoms with van der Waals surface area (Å²) in [5.74, 6) is 1.96. The van der Waals surface area contributed by atoms with E-state index >= 15 is 0 Å². The van der Waals surface area contributed by atoms with Crippen molar-refractivity contribution in [3.05, 3.63) is 54.8 Å². The molecule has 0 radical (unpaired) electrons. The Morgan fingerprint density at radius 3 is 2.69 bits per heavy atom. The molecule has 4 N–H and O–H groups in total. The van der Waals surface area contributed by atoms with Gasteiger partial charge in [0.1, 0.15) is 5.82 Å². The van der Waals surface area contributed by atoms with Gasteiger partial charge in [0, 0.05) is 49.1 Å². The number of nitrogens with two attached hydrogens (primary N) is 1. The number of aromatic nitrogens is 4. The molecule has 29 heavy (non-hydrogen) atoms. The molecular weight excluding hydrogens is 362 g/mol. The Labute approximate surface area is 171 Å². The van der Waals surface area contributed by atoms with Crippen molar-refractivity contribution in [2.24, 2.45) is 18.7 Å². The van der Waals surface area contributed by atoms with Gasteiger partial charge in [-0.15, -0.1) is 0 Å². The molecule has 7 heteroatoms. The molecule has 7 nitrogen and oxygen atoms in total. The highest BCUT2D eigenvalue weighted by molar-refractivity contribution is 5.94. The summed E-state index contributed by atoms with van der Waals surface area (Å²) >= 11 is 0. The van der Waals surface area contributed by atoms with Crippen LogP contribution in [0.1, 0.15) is 25.3 Å². The molecule has 1 aliphatic heterocycles. The normalized spacial score (nSPS) is 15.0. The lowest BCUT2D eigenvalue weighted by Crippen LogP contribution is -2.36. The maximum atomic E-state index is 5.87. The first-order chi connectivity index (χ1) is 14.0. The Morgan fingerprint density at radius 1 is 1.31 bits per heavy atom. The van der Waals surface area contributed by atoms with Gasteiger partial charge >= 0.3 is 0 Å². The summed E-state index contributed by atoms with van der Waals surface area (Å²) in [6, 6.07) is 4.29. The van der Waals surface area contributed by atoms with Crippen molar-refractivity contribution in [2.45, 2.75) is 26.2 Å². The number of aromatic amines is 1. The Balaban J connectivity index is 1.58. The largest absolute Gasteiger partial charge is 0.402 e. The fourth-order valence-corrected chi connectivity index (χ4v) is 4.03. The molecule has 3 heterocycles. The molecule has 1 fully saturated rings. The predicted molar refractivity (Wildman–Crippen MR) is 118 cm³/mol. The van der Waals surface area contributed by atoms with E-state index in [1.54, 1.807) is 0 Å². The fourth-order valence-electron chi connectivity index (χ4n) is 4.03. The van der Waals surface area contributed by atoms with Crippen molar-refractivity contribution in [2.75, 3.05) is 18.4 Å². The van der Waals surface area contributed by atoms with Gasteiger partial charge < -0.3 is 20.9 Å². The van der Waals surface area contributed by atoms with Crippen LogP contribution in [0.3, 0.4) is 0 Å². The second-order valence-corrected chi connectivity index (χ2v) is 7.75. The third-order valence-corrected chi connectivity index (χ3v) is 5.79. The van der Waals surface area contributed by atoms with Gasteiger partial charge in [0.2, 0.25) is 5.95 Å². The molecule has 0 unspecified atom stereocenters. The number of imidazole rings is 1. The van der Waals surface area contributed by atoms with Crippen LogP contribution in [-0.4, -0.2) is 37.7 Å². The molecule has 2 aromatic heterocycles. The number of rotatable bonds is 6.